The third kappa shape index (κ3) is 8.30. The monoisotopic (exact) mass is 787 g/mol. The van der Waals surface area contributed by atoms with Gasteiger partial charge in [-0.25, -0.2) is 9.00 Å². The maximum atomic E-state index is 14.7. The van der Waals surface area contributed by atoms with Crippen molar-refractivity contribution in [2.24, 2.45) is 29.2 Å². The number of aryl methyl sites for hydroxylation is 3. The molecule has 2 bridgehead atoms. The van der Waals surface area contributed by atoms with Gasteiger partial charge in [-0.15, -0.1) is 9.46 Å². The molecule has 300 valence electrons. The van der Waals surface area contributed by atoms with E-state index in [4.69, 9.17) is 18.9 Å². The summed E-state index contributed by atoms with van der Waals surface area (Å²) in [5.41, 5.74) is 4.61. The van der Waals surface area contributed by atoms with E-state index in [-0.39, 0.29) is 52.0 Å². The zero-order valence-electron chi connectivity index (χ0n) is 33.1. The van der Waals surface area contributed by atoms with Crippen molar-refractivity contribution < 1.29 is 37.5 Å². The summed E-state index contributed by atoms with van der Waals surface area (Å²) in [4.78, 5) is 43.0. The first-order valence-electron chi connectivity index (χ1n) is 19.6. The van der Waals surface area contributed by atoms with Crippen LogP contribution in [0.3, 0.4) is 0 Å². The minimum absolute atomic E-state index is 0.0248. The van der Waals surface area contributed by atoms with Crippen LogP contribution in [-0.4, -0.2) is 76.7 Å². The van der Waals surface area contributed by atoms with Gasteiger partial charge in [0.25, 0.3) is 11.8 Å². The number of hydrogen-bond acceptors (Lipinski definition) is 10. The number of anilines is 1. The lowest BCUT2D eigenvalue weighted by Crippen LogP contribution is -2.50. The fourth-order valence-corrected chi connectivity index (χ4v) is 10.6. The van der Waals surface area contributed by atoms with Crippen molar-refractivity contribution >= 4 is 33.6 Å². The van der Waals surface area contributed by atoms with Crippen LogP contribution in [0.4, 0.5) is 10.5 Å². The topological polar surface area (TPSA) is 151 Å². The lowest BCUT2D eigenvalue weighted by molar-refractivity contribution is -0.0242. The maximum Gasteiger partial charge on any atom is 0.509 e. The molecular weight excluding hydrogens is 735 g/mol. The molecule has 7 rings (SSSR count). The van der Waals surface area contributed by atoms with Gasteiger partial charge in [0, 0.05) is 43.2 Å². The number of nitrogens with one attached hydrogen (secondary N) is 1. The van der Waals surface area contributed by atoms with Crippen molar-refractivity contribution in [1.82, 2.24) is 14.5 Å². The molecule has 1 fully saturated rings. The summed E-state index contributed by atoms with van der Waals surface area (Å²) in [6.07, 6.45) is 8.90. The molecule has 13 nitrogen and oxygen atoms in total. The van der Waals surface area contributed by atoms with Crippen LogP contribution in [0.1, 0.15) is 90.3 Å². The number of methoxy groups -OCH3 is 1. The van der Waals surface area contributed by atoms with Crippen molar-refractivity contribution in [3.63, 3.8) is 0 Å². The highest BCUT2D eigenvalue weighted by molar-refractivity contribution is 7.92. The molecule has 4 aliphatic rings. The Bertz CT molecular complexity index is 2160. The van der Waals surface area contributed by atoms with Crippen molar-refractivity contribution in [3.8, 4) is 11.6 Å². The fourth-order valence-electron chi connectivity index (χ4n) is 8.71. The number of allylic oxidation sites excluding steroid dienone is 1. The Labute approximate surface area is 329 Å². The minimum Gasteiger partial charge on any atom is -0.490 e. The molecule has 2 amide bonds. The molecule has 1 N–H and O–H groups in total. The first-order valence-corrected chi connectivity index (χ1v) is 21.3. The van der Waals surface area contributed by atoms with Crippen LogP contribution in [0, 0.1) is 24.7 Å². The lowest BCUT2D eigenvalue weighted by atomic mass is 9.68. The Balaban J connectivity index is 1.31. The molecule has 0 radical (unpaired) electrons. The van der Waals surface area contributed by atoms with E-state index in [0.29, 0.717) is 31.9 Å². The number of carbonyl (C=O) groups is 3. The highest BCUT2D eigenvalue weighted by atomic mass is 32.2. The SMILES string of the molecule is COc1nn(C)cc1C(=O)NS1(=O)=NC(=O)c2ccc3c(c2)N(C[C@@H]2CC[C@H]2[C@@H](OC(=O)OC(C)C)/C=C/C[C@H](C)C1)C[C@@]1(CCCc2cc(C)ccc21)CO3. The molecule has 2 aliphatic carbocycles. The van der Waals surface area contributed by atoms with Crippen LogP contribution in [-0.2, 0) is 38.3 Å². The highest BCUT2D eigenvalue weighted by Gasteiger charge is 2.45. The summed E-state index contributed by atoms with van der Waals surface area (Å²) in [5.74, 6) is -0.947. The number of fused-ring (bicyclic) bond motifs is 4. The first-order chi connectivity index (χ1) is 26.7. The summed E-state index contributed by atoms with van der Waals surface area (Å²) in [5, 5.41) is 4.15. The van der Waals surface area contributed by atoms with Gasteiger partial charge in [0.1, 0.15) is 27.3 Å². The number of aromatic nitrogens is 2. The van der Waals surface area contributed by atoms with Crippen LogP contribution in [0.15, 0.2) is 59.1 Å². The molecule has 2 aliphatic heterocycles. The molecule has 1 spiro atoms. The second-order valence-electron chi connectivity index (χ2n) is 16.3. The van der Waals surface area contributed by atoms with Gasteiger partial charge >= 0.3 is 6.16 Å². The van der Waals surface area contributed by atoms with Crippen molar-refractivity contribution in [1.29, 1.82) is 0 Å². The van der Waals surface area contributed by atoms with Crippen molar-refractivity contribution in [2.75, 3.05) is 37.5 Å². The molecule has 3 heterocycles. The Morgan fingerprint density at radius 1 is 1.14 bits per heavy atom. The van der Waals surface area contributed by atoms with E-state index in [9.17, 15) is 18.6 Å². The second kappa shape index (κ2) is 16.0. The Morgan fingerprint density at radius 3 is 2.71 bits per heavy atom. The van der Waals surface area contributed by atoms with Gasteiger partial charge in [-0.2, -0.15) is 0 Å². The maximum absolute atomic E-state index is 14.7. The van der Waals surface area contributed by atoms with Gasteiger partial charge in [0.15, 0.2) is 0 Å². The zero-order chi connectivity index (χ0) is 39.8. The standard InChI is InChI=1S/C42H53N5O8S/c1-26(2)54-41(50)55-36-11-7-9-28(4)23-56(51,45-39(49)33-22-46(5)43-40(33)52-6)44-38(48)30-14-17-37-35(20-30)47(21-31-13-15-32(31)36)24-42(25-53-37)18-8-10-29-19-27(3)12-16-34(29)42/h7,11-12,14,16-17,19-20,22,26,28,31-32,36H,8-10,13,15,18,21,23-25H2,1-6H3,(H,44,45,48,49,51)/b11-7+/t28-,31-,32+,36-,42-,56?/m0/s1. The quantitative estimate of drug-likeness (QED) is 0.218. The lowest BCUT2D eigenvalue weighted by Gasteiger charge is -2.45. The third-order valence-corrected chi connectivity index (χ3v) is 13.5. The average Bonchev–Trinajstić information content (AvgIpc) is 3.44. The molecule has 3 aromatic rings. The van der Waals surface area contributed by atoms with Gasteiger partial charge in [0.05, 0.1) is 31.3 Å². The van der Waals surface area contributed by atoms with Crippen molar-refractivity contribution in [2.45, 2.75) is 83.8 Å². The first kappa shape index (κ1) is 39.4. The highest BCUT2D eigenvalue weighted by Crippen LogP contribution is 2.47. The zero-order valence-corrected chi connectivity index (χ0v) is 33.9. The van der Waals surface area contributed by atoms with Gasteiger partial charge in [-0.05, 0) is 107 Å². The smallest absolute Gasteiger partial charge is 0.490 e. The van der Waals surface area contributed by atoms with Crippen LogP contribution >= 0.6 is 0 Å². The largest absolute Gasteiger partial charge is 0.509 e. The molecule has 1 unspecified atom stereocenters. The van der Waals surface area contributed by atoms with Crippen LogP contribution in [0.25, 0.3) is 0 Å². The van der Waals surface area contributed by atoms with E-state index < -0.39 is 34.0 Å². The number of ether oxygens (including phenoxy) is 4. The molecule has 0 saturated heterocycles. The van der Waals surface area contributed by atoms with Gasteiger partial charge in [-0.3, -0.25) is 19.0 Å². The number of carbonyl (C=O) groups excluding carboxylic acids is 3. The Morgan fingerprint density at radius 2 is 1.96 bits per heavy atom. The number of nitrogens with zero attached hydrogens (tertiary/aromatic N) is 4. The third-order valence-electron chi connectivity index (χ3n) is 11.5. The summed E-state index contributed by atoms with van der Waals surface area (Å²) >= 11 is 0. The number of benzene rings is 2. The molecule has 2 aromatic carbocycles. The van der Waals surface area contributed by atoms with E-state index in [0.717, 1.165) is 37.8 Å². The van der Waals surface area contributed by atoms with E-state index in [2.05, 4.69) is 44.2 Å². The average molecular weight is 788 g/mol. The minimum atomic E-state index is -3.68. The Kier molecular flexibility index (Phi) is 11.2. The molecular formula is C42H53N5O8S. The van der Waals surface area contributed by atoms with E-state index in [1.54, 1.807) is 39.1 Å². The van der Waals surface area contributed by atoms with Crippen LogP contribution < -0.4 is 19.1 Å². The van der Waals surface area contributed by atoms with Gasteiger partial charge in [-0.1, -0.05) is 36.8 Å². The van der Waals surface area contributed by atoms with E-state index in [1.165, 1.54) is 34.7 Å². The van der Waals surface area contributed by atoms with Crippen LogP contribution in [0.2, 0.25) is 0 Å². The van der Waals surface area contributed by atoms with Gasteiger partial charge in [0.2, 0.25) is 5.88 Å². The molecule has 56 heavy (non-hydrogen) atoms. The number of hydrogen-bond donors (Lipinski definition) is 1. The van der Waals surface area contributed by atoms with Gasteiger partial charge < -0.3 is 23.8 Å². The summed E-state index contributed by atoms with van der Waals surface area (Å²) in [7, 11) is -0.656. The van der Waals surface area contributed by atoms with Crippen molar-refractivity contribution in [3.05, 3.63) is 82.6 Å². The van der Waals surface area contributed by atoms with E-state index >= 15 is 0 Å². The fraction of sp³-hybridized carbons (Fsp3) is 0.524. The number of amides is 2. The molecule has 1 aromatic heterocycles. The van der Waals surface area contributed by atoms with Crippen LogP contribution in [0.5, 0.6) is 11.6 Å². The molecule has 6 atom stereocenters. The summed E-state index contributed by atoms with van der Waals surface area (Å²) < 4.78 is 46.4. The number of rotatable bonds is 5. The van der Waals surface area contributed by atoms with E-state index in [1.807, 2.05) is 19.1 Å². The summed E-state index contributed by atoms with van der Waals surface area (Å²) in [6, 6.07) is 11.9. The molecule has 1 saturated carbocycles. The summed E-state index contributed by atoms with van der Waals surface area (Å²) in [6.45, 7) is 9.34. The molecule has 14 heteroatoms. The Hall–Kier alpha value is -4.85. The predicted molar refractivity (Wildman–Crippen MR) is 213 cm³/mol. The predicted octanol–water partition coefficient (Wildman–Crippen LogP) is 6.72. The normalized spacial score (nSPS) is 28.1. The second-order valence-corrected chi connectivity index (χ2v) is 18.3.